The molecule has 0 spiro atoms. The van der Waals surface area contributed by atoms with Crippen molar-refractivity contribution in [3.05, 3.63) is 24.3 Å². The Bertz CT molecular complexity index is 449. The van der Waals surface area contributed by atoms with Crippen LogP contribution in [0.25, 0.3) is 0 Å². The van der Waals surface area contributed by atoms with Gasteiger partial charge in [0.1, 0.15) is 0 Å². The molecule has 1 saturated heterocycles. The highest BCUT2D eigenvalue weighted by atomic mass is 16.2. The minimum absolute atomic E-state index is 0.289. The number of rotatable bonds is 4. The monoisotopic (exact) mass is 246 g/mol. The summed E-state index contributed by atoms with van der Waals surface area (Å²) in [4.78, 5) is 26.6. The summed E-state index contributed by atoms with van der Waals surface area (Å²) in [7, 11) is 0. The Morgan fingerprint density at radius 2 is 1.72 bits per heavy atom. The second kappa shape index (κ2) is 5.21. The highest BCUT2D eigenvalue weighted by Crippen LogP contribution is 2.23. The Labute approximate surface area is 107 Å². The second-order valence-corrected chi connectivity index (χ2v) is 4.32. The zero-order chi connectivity index (χ0) is 13.1. The van der Waals surface area contributed by atoms with Crippen molar-refractivity contribution in [2.75, 3.05) is 29.4 Å². The Balaban J connectivity index is 2.17. The van der Waals surface area contributed by atoms with Crippen LogP contribution in [-0.2, 0) is 9.59 Å². The molecular weight excluding hydrogens is 228 g/mol. The molecule has 0 aromatic heterocycles. The molecule has 0 unspecified atom stereocenters. The van der Waals surface area contributed by atoms with Gasteiger partial charge in [0, 0.05) is 37.4 Å². The molecule has 1 aliphatic rings. The van der Waals surface area contributed by atoms with E-state index < -0.39 is 0 Å². The van der Waals surface area contributed by atoms with Crippen molar-refractivity contribution in [2.24, 2.45) is 0 Å². The third-order valence-electron chi connectivity index (χ3n) is 3.34. The van der Waals surface area contributed by atoms with Gasteiger partial charge in [0.05, 0.1) is 0 Å². The van der Waals surface area contributed by atoms with Gasteiger partial charge in [-0.1, -0.05) is 0 Å². The summed E-state index contributed by atoms with van der Waals surface area (Å²) in [5.74, 6) is -0.673. The molecule has 1 aromatic rings. The van der Waals surface area contributed by atoms with Gasteiger partial charge < -0.3 is 9.80 Å². The molecule has 0 bridgehead atoms. The number of anilines is 2. The van der Waals surface area contributed by atoms with E-state index in [1.54, 1.807) is 4.90 Å². The molecule has 96 valence electrons. The van der Waals surface area contributed by atoms with Gasteiger partial charge in [0.15, 0.2) is 0 Å². The molecular formula is C14H18N2O2. The van der Waals surface area contributed by atoms with Crippen LogP contribution in [0.4, 0.5) is 11.4 Å². The normalized spacial score (nSPS) is 15.3. The fraction of sp³-hybridized carbons (Fsp3) is 0.429. The van der Waals surface area contributed by atoms with Crippen LogP contribution in [0.5, 0.6) is 0 Å². The lowest BCUT2D eigenvalue weighted by atomic mass is 10.2. The fourth-order valence-corrected chi connectivity index (χ4v) is 2.25. The zero-order valence-corrected chi connectivity index (χ0v) is 10.8. The first-order valence-corrected chi connectivity index (χ1v) is 6.37. The Morgan fingerprint density at radius 1 is 1.11 bits per heavy atom. The molecule has 0 saturated carbocycles. The van der Waals surface area contributed by atoms with Gasteiger partial charge in [-0.05, 0) is 38.1 Å². The molecule has 1 amide bonds. The summed E-state index contributed by atoms with van der Waals surface area (Å²) < 4.78 is 0. The number of ketones is 1. The number of hydrogen-bond acceptors (Lipinski definition) is 3. The highest BCUT2D eigenvalue weighted by Gasteiger charge is 2.30. The molecule has 0 radical (unpaired) electrons. The topological polar surface area (TPSA) is 40.6 Å². The van der Waals surface area contributed by atoms with Crippen LogP contribution in [-0.4, -0.2) is 31.3 Å². The number of hydrogen-bond donors (Lipinski definition) is 0. The predicted molar refractivity (Wildman–Crippen MR) is 72.0 cm³/mol. The van der Waals surface area contributed by atoms with E-state index in [-0.39, 0.29) is 11.7 Å². The fourth-order valence-electron chi connectivity index (χ4n) is 2.25. The first-order chi connectivity index (χ1) is 8.67. The minimum Gasteiger partial charge on any atom is -0.372 e. The second-order valence-electron chi connectivity index (χ2n) is 4.32. The average Bonchev–Trinajstić information content (AvgIpc) is 2.73. The number of carbonyl (C=O) groups is 2. The standard InChI is InChI=1S/C14H18N2O2/c1-3-15(4-2)11-5-7-12(8-6-11)16-10-9-13(17)14(16)18/h5-8H,3-4,9-10H2,1-2H3. The molecule has 4 heteroatoms. The van der Waals surface area contributed by atoms with Gasteiger partial charge >= 0.3 is 0 Å². The predicted octanol–water partition coefficient (Wildman–Crippen LogP) is 1.84. The van der Waals surface area contributed by atoms with E-state index in [0.29, 0.717) is 13.0 Å². The third kappa shape index (κ3) is 2.23. The molecule has 2 rings (SSSR count). The van der Waals surface area contributed by atoms with Gasteiger partial charge in [-0.25, -0.2) is 0 Å². The van der Waals surface area contributed by atoms with E-state index in [2.05, 4.69) is 18.7 Å². The summed E-state index contributed by atoms with van der Waals surface area (Å²) in [6.45, 7) is 6.64. The summed E-state index contributed by atoms with van der Waals surface area (Å²) in [5.41, 5.74) is 1.95. The van der Waals surface area contributed by atoms with Crippen molar-refractivity contribution in [3.8, 4) is 0 Å². The van der Waals surface area contributed by atoms with Crippen LogP contribution in [0.2, 0.25) is 0 Å². The third-order valence-corrected chi connectivity index (χ3v) is 3.34. The zero-order valence-electron chi connectivity index (χ0n) is 10.8. The Hall–Kier alpha value is -1.84. The summed E-state index contributed by atoms with van der Waals surface area (Å²) in [5, 5.41) is 0. The van der Waals surface area contributed by atoms with Gasteiger partial charge in [-0.15, -0.1) is 0 Å². The largest absolute Gasteiger partial charge is 0.372 e. The van der Waals surface area contributed by atoms with E-state index in [1.165, 1.54) is 0 Å². The first kappa shape index (κ1) is 12.6. The molecule has 4 nitrogen and oxygen atoms in total. The van der Waals surface area contributed by atoms with Crippen molar-refractivity contribution in [1.82, 2.24) is 0 Å². The van der Waals surface area contributed by atoms with E-state index in [9.17, 15) is 9.59 Å². The lowest BCUT2D eigenvalue weighted by Gasteiger charge is -2.22. The van der Waals surface area contributed by atoms with E-state index >= 15 is 0 Å². The molecule has 18 heavy (non-hydrogen) atoms. The number of carbonyl (C=O) groups excluding carboxylic acids is 2. The molecule has 0 N–H and O–H groups in total. The van der Waals surface area contributed by atoms with Crippen LogP contribution in [0.15, 0.2) is 24.3 Å². The summed E-state index contributed by atoms with van der Waals surface area (Å²) in [6.07, 6.45) is 0.330. The van der Waals surface area contributed by atoms with E-state index in [4.69, 9.17) is 0 Å². The summed E-state index contributed by atoms with van der Waals surface area (Å²) >= 11 is 0. The van der Waals surface area contributed by atoms with Gasteiger partial charge in [-0.3, -0.25) is 9.59 Å². The smallest absolute Gasteiger partial charge is 0.294 e. The highest BCUT2D eigenvalue weighted by molar-refractivity contribution is 6.43. The molecule has 1 aromatic carbocycles. The van der Waals surface area contributed by atoms with Crippen LogP contribution < -0.4 is 9.80 Å². The van der Waals surface area contributed by atoms with Crippen LogP contribution in [0.3, 0.4) is 0 Å². The van der Waals surface area contributed by atoms with Crippen LogP contribution in [0, 0.1) is 0 Å². The van der Waals surface area contributed by atoms with Crippen molar-refractivity contribution >= 4 is 23.1 Å². The minimum atomic E-state index is -0.384. The van der Waals surface area contributed by atoms with Crippen molar-refractivity contribution in [2.45, 2.75) is 20.3 Å². The van der Waals surface area contributed by atoms with Gasteiger partial charge in [0.25, 0.3) is 5.91 Å². The molecule has 0 atom stereocenters. The van der Waals surface area contributed by atoms with Crippen molar-refractivity contribution < 1.29 is 9.59 Å². The van der Waals surface area contributed by atoms with Gasteiger partial charge in [-0.2, -0.15) is 0 Å². The number of benzene rings is 1. The number of amides is 1. The lowest BCUT2D eigenvalue weighted by molar-refractivity contribution is -0.133. The summed E-state index contributed by atoms with van der Waals surface area (Å²) in [6, 6.07) is 7.81. The van der Waals surface area contributed by atoms with Crippen molar-refractivity contribution in [3.63, 3.8) is 0 Å². The molecule has 1 fully saturated rings. The SMILES string of the molecule is CCN(CC)c1ccc(N2CCC(=O)C2=O)cc1. The maximum absolute atomic E-state index is 11.6. The van der Waals surface area contributed by atoms with Crippen LogP contribution >= 0.6 is 0 Å². The number of Topliss-reactive ketones (excluding diaryl/α,β-unsaturated/α-hetero) is 1. The maximum Gasteiger partial charge on any atom is 0.294 e. The van der Waals surface area contributed by atoms with Crippen LogP contribution in [0.1, 0.15) is 20.3 Å². The van der Waals surface area contributed by atoms with E-state index in [1.807, 2.05) is 24.3 Å². The Kier molecular flexibility index (Phi) is 3.65. The maximum atomic E-state index is 11.6. The molecule has 0 aliphatic carbocycles. The van der Waals surface area contributed by atoms with Crippen molar-refractivity contribution in [1.29, 1.82) is 0 Å². The lowest BCUT2D eigenvalue weighted by Crippen LogP contribution is -2.27. The molecule has 1 heterocycles. The number of nitrogens with zero attached hydrogens (tertiary/aromatic N) is 2. The first-order valence-electron chi connectivity index (χ1n) is 6.37. The Morgan fingerprint density at radius 3 is 2.17 bits per heavy atom. The van der Waals surface area contributed by atoms with Gasteiger partial charge in [0.2, 0.25) is 5.78 Å². The molecule has 1 aliphatic heterocycles. The quantitative estimate of drug-likeness (QED) is 0.761. The average molecular weight is 246 g/mol. The van der Waals surface area contributed by atoms with E-state index in [0.717, 1.165) is 24.5 Å².